The topological polar surface area (TPSA) is 155 Å². The normalized spacial score (nSPS) is 10.9. The van der Waals surface area contributed by atoms with Gasteiger partial charge < -0.3 is 10.8 Å². The van der Waals surface area contributed by atoms with Crippen molar-refractivity contribution in [2.45, 2.75) is 103 Å². The number of rotatable bonds is 17. The molecule has 0 aliphatic carbocycles. The lowest BCUT2D eigenvalue weighted by Gasteiger charge is -2.03. The predicted molar refractivity (Wildman–Crippen MR) is 105 cm³/mol. The number of carboxylic acid groups (broad SMARTS) is 1. The molecular formula is C18H37NO7S. The first kappa shape index (κ1) is 28.0. The average Bonchev–Trinajstić information content (AvgIpc) is 2.52. The molecule has 0 atom stereocenters. The van der Waals surface area contributed by atoms with Gasteiger partial charge in [-0.3, -0.25) is 18.7 Å². The summed E-state index contributed by atoms with van der Waals surface area (Å²) in [5.74, 6) is -0.852. The maximum absolute atomic E-state index is 10.6. The van der Waals surface area contributed by atoms with Gasteiger partial charge in [0.25, 0.3) is 0 Å². The molecule has 0 unspecified atom stereocenters. The average molecular weight is 412 g/mol. The quantitative estimate of drug-likeness (QED) is 0.207. The predicted octanol–water partition coefficient (Wildman–Crippen LogP) is 4.15. The third-order valence-corrected chi connectivity index (χ3v) is 4.06. The maximum atomic E-state index is 10.6. The molecule has 0 bridgehead atoms. The van der Waals surface area contributed by atoms with Gasteiger partial charge in [-0.2, -0.15) is 8.42 Å². The lowest BCUT2D eigenvalue weighted by atomic mass is 10.0. The lowest BCUT2D eigenvalue weighted by molar-refractivity contribution is -0.137. The number of amides is 1. The second-order valence-corrected chi connectivity index (χ2v) is 7.65. The van der Waals surface area contributed by atoms with E-state index >= 15 is 0 Å². The molecule has 0 radical (unpaired) electrons. The van der Waals surface area contributed by atoms with Crippen LogP contribution in [0.3, 0.4) is 0 Å². The van der Waals surface area contributed by atoms with Crippen molar-refractivity contribution in [1.82, 2.24) is 0 Å². The zero-order chi connectivity index (χ0) is 21.0. The Morgan fingerprint density at radius 2 is 0.815 bits per heavy atom. The highest BCUT2D eigenvalue weighted by molar-refractivity contribution is 7.79. The third-order valence-electron chi connectivity index (χ3n) is 4.06. The Labute approximate surface area is 163 Å². The van der Waals surface area contributed by atoms with Gasteiger partial charge in [0.2, 0.25) is 5.91 Å². The number of primary amides is 1. The minimum Gasteiger partial charge on any atom is -0.481 e. The van der Waals surface area contributed by atoms with Crippen LogP contribution in [0.4, 0.5) is 0 Å². The van der Waals surface area contributed by atoms with Crippen LogP contribution in [0.2, 0.25) is 0 Å². The van der Waals surface area contributed by atoms with E-state index in [1.165, 1.54) is 64.2 Å². The number of hydrogen-bond acceptors (Lipinski definition) is 4. The molecule has 1 amide bonds. The number of carboxylic acids is 1. The van der Waals surface area contributed by atoms with Gasteiger partial charge in [-0.1, -0.05) is 77.0 Å². The van der Waals surface area contributed by atoms with Crippen LogP contribution in [0, 0.1) is 0 Å². The van der Waals surface area contributed by atoms with Gasteiger partial charge in [0, 0.05) is 12.8 Å². The second-order valence-electron chi connectivity index (χ2n) is 6.76. The van der Waals surface area contributed by atoms with Gasteiger partial charge in [0.15, 0.2) is 0 Å². The SMILES string of the molecule is NC(=O)CCCCCCCCCCCCCCCCC(=O)O.O=S(=O)(O)O. The molecule has 0 aromatic heterocycles. The third kappa shape index (κ3) is 40.7. The van der Waals surface area contributed by atoms with E-state index in [2.05, 4.69) is 0 Å². The van der Waals surface area contributed by atoms with Gasteiger partial charge in [0.1, 0.15) is 0 Å². The van der Waals surface area contributed by atoms with Crippen molar-refractivity contribution in [2.75, 3.05) is 0 Å². The fourth-order valence-corrected chi connectivity index (χ4v) is 2.70. The van der Waals surface area contributed by atoms with Crippen molar-refractivity contribution in [2.24, 2.45) is 5.73 Å². The molecular weight excluding hydrogens is 374 g/mol. The maximum Gasteiger partial charge on any atom is 0.394 e. The Balaban J connectivity index is 0. The molecule has 0 fully saturated rings. The molecule has 162 valence electrons. The molecule has 0 aromatic rings. The monoisotopic (exact) mass is 411 g/mol. The Kier molecular flexibility index (Phi) is 20.3. The zero-order valence-corrected chi connectivity index (χ0v) is 17.1. The number of aliphatic carboxylic acids is 1. The lowest BCUT2D eigenvalue weighted by Crippen LogP contribution is -2.09. The van der Waals surface area contributed by atoms with E-state index < -0.39 is 16.4 Å². The molecule has 8 nitrogen and oxygen atoms in total. The van der Waals surface area contributed by atoms with Crippen molar-refractivity contribution in [3.05, 3.63) is 0 Å². The smallest absolute Gasteiger partial charge is 0.394 e. The molecule has 27 heavy (non-hydrogen) atoms. The summed E-state index contributed by atoms with van der Waals surface area (Å²) in [5, 5.41) is 8.52. The van der Waals surface area contributed by atoms with E-state index in [9.17, 15) is 9.59 Å². The number of carbonyl (C=O) groups is 2. The van der Waals surface area contributed by atoms with Gasteiger partial charge in [-0.05, 0) is 12.8 Å². The van der Waals surface area contributed by atoms with E-state index in [0.29, 0.717) is 12.8 Å². The van der Waals surface area contributed by atoms with E-state index in [-0.39, 0.29) is 5.91 Å². The molecule has 0 saturated carbocycles. The standard InChI is InChI=1S/C18H35NO3.H2O4S/c19-17(20)15-13-11-9-7-5-3-1-2-4-6-8-10-12-14-16-18(21)22;1-5(2,3)4/h1-16H2,(H2,19,20)(H,21,22);(H2,1,2,3,4). The fraction of sp³-hybridized carbons (Fsp3) is 0.889. The first-order valence-corrected chi connectivity index (χ1v) is 11.2. The van der Waals surface area contributed by atoms with Crippen molar-refractivity contribution in [1.29, 1.82) is 0 Å². The van der Waals surface area contributed by atoms with Crippen LogP contribution in [-0.2, 0) is 20.0 Å². The summed E-state index contributed by atoms with van der Waals surface area (Å²) in [5.41, 5.74) is 5.10. The number of unbranched alkanes of at least 4 members (excludes halogenated alkanes) is 13. The first-order valence-electron chi connectivity index (χ1n) is 9.83. The molecule has 0 saturated heterocycles. The van der Waals surface area contributed by atoms with Gasteiger partial charge in [0.05, 0.1) is 0 Å². The largest absolute Gasteiger partial charge is 0.481 e. The van der Waals surface area contributed by atoms with E-state index in [4.69, 9.17) is 28.4 Å². The molecule has 0 rings (SSSR count). The van der Waals surface area contributed by atoms with Crippen molar-refractivity contribution in [3.63, 3.8) is 0 Å². The van der Waals surface area contributed by atoms with E-state index in [1.807, 2.05) is 0 Å². The van der Waals surface area contributed by atoms with Gasteiger partial charge >= 0.3 is 16.4 Å². The van der Waals surface area contributed by atoms with Crippen molar-refractivity contribution < 1.29 is 32.2 Å². The van der Waals surface area contributed by atoms with Crippen LogP contribution in [0.1, 0.15) is 103 Å². The van der Waals surface area contributed by atoms with Crippen molar-refractivity contribution >= 4 is 22.3 Å². The number of carbonyl (C=O) groups excluding carboxylic acids is 1. The first-order chi connectivity index (χ1) is 12.6. The highest BCUT2D eigenvalue weighted by Gasteiger charge is 1.97. The Bertz CT molecular complexity index is 430. The summed E-state index contributed by atoms with van der Waals surface area (Å²) in [6.07, 6.45) is 17.7. The molecule has 0 aliphatic rings. The molecule has 0 aromatic carbocycles. The molecule has 0 spiro atoms. The summed E-state index contributed by atoms with van der Waals surface area (Å²) in [6, 6.07) is 0. The molecule has 9 heteroatoms. The highest BCUT2D eigenvalue weighted by Crippen LogP contribution is 2.13. The van der Waals surface area contributed by atoms with E-state index in [0.717, 1.165) is 25.7 Å². The van der Waals surface area contributed by atoms with Crippen molar-refractivity contribution in [3.8, 4) is 0 Å². The van der Waals surface area contributed by atoms with Crippen LogP contribution in [-0.4, -0.2) is 34.5 Å². The summed E-state index contributed by atoms with van der Waals surface area (Å²) in [7, 11) is -4.67. The Hall–Kier alpha value is -1.19. The summed E-state index contributed by atoms with van der Waals surface area (Å²) >= 11 is 0. The molecule has 0 aliphatic heterocycles. The molecule has 0 heterocycles. The summed E-state index contributed by atoms with van der Waals surface area (Å²) in [4.78, 5) is 20.9. The van der Waals surface area contributed by atoms with Crippen LogP contribution in [0.15, 0.2) is 0 Å². The summed E-state index contributed by atoms with van der Waals surface area (Å²) in [6.45, 7) is 0. The number of hydrogen-bond donors (Lipinski definition) is 4. The van der Waals surface area contributed by atoms with Crippen LogP contribution >= 0.6 is 0 Å². The second kappa shape index (κ2) is 19.6. The zero-order valence-electron chi connectivity index (χ0n) is 16.3. The Morgan fingerprint density at radius 1 is 0.593 bits per heavy atom. The van der Waals surface area contributed by atoms with Crippen LogP contribution in [0.25, 0.3) is 0 Å². The van der Waals surface area contributed by atoms with Gasteiger partial charge in [-0.15, -0.1) is 0 Å². The van der Waals surface area contributed by atoms with Crippen LogP contribution < -0.4 is 5.73 Å². The van der Waals surface area contributed by atoms with E-state index in [1.54, 1.807) is 0 Å². The minimum atomic E-state index is -4.67. The fourth-order valence-electron chi connectivity index (χ4n) is 2.70. The Morgan fingerprint density at radius 3 is 1.04 bits per heavy atom. The summed E-state index contributed by atoms with van der Waals surface area (Å²) < 4.78 is 31.6. The van der Waals surface area contributed by atoms with Crippen LogP contribution in [0.5, 0.6) is 0 Å². The minimum absolute atomic E-state index is 0.179. The highest BCUT2D eigenvalue weighted by atomic mass is 32.3. The number of nitrogens with two attached hydrogens (primary N) is 1. The molecule has 5 N–H and O–H groups in total. The van der Waals surface area contributed by atoms with Gasteiger partial charge in [-0.25, -0.2) is 0 Å².